The summed E-state index contributed by atoms with van der Waals surface area (Å²) in [6, 6.07) is 3.16. The lowest BCUT2D eigenvalue weighted by Gasteiger charge is -1.94. The van der Waals surface area contributed by atoms with E-state index in [1.807, 2.05) is 13.8 Å². The maximum Gasteiger partial charge on any atom is 0.326 e. The van der Waals surface area contributed by atoms with E-state index in [1.54, 1.807) is 0 Å². The maximum atomic E-state index is 4.19. The third-order valence-corrected chi connectivity index (χ3v) is 1.01. The van der Waals surface area contributed by atoms with E-state index < -0.39 is 0 Å². The zero-order chi connectivity index (χ0) is 5.98. The first-order valence-corrected chi connectivity index (χ1v) is 2.76. The second-order valence-corrected chi connectivity index (χ2v) is 2.02. The van der Waals surface area contributed by atoms with Gasteiger partial charge in [0.1, 0.15) is 6.04 Å². The molecule has 0 N–H and O–H groups in total. The molecule has 0 aromatic rings. The minimum atomic E-state index is 0.372. The zero-order valence-electron chi connectivity index (χ0n) is 5.18. The molecule has 0 saturated heterocycles. The molecule has 1 aliphatic rings. The molecule has 0 aromatic heterocycles. The van der Waals surface area contributed by atoms with Crippen molar-refractivity contribution >= 4 is 5.71 Å². The molecule has 0 saturated carbocycles. The van der Waals surface area contributed by atoms with Crippen LogP contribution in [-0.4, -0.2) is 18.3 Å². The van der Waals surface area contributed by atoms with E-state index in [0.29, 0.717) is 6.04 Å². The maximum absolute atomic E-state index is 4.19. The summed E-state index contributed by atoms with van der Waals surface area (Å²) < 4.78 is 0. The Kier molecular flexibility index (Phi) is 1.29. The monoisotopic (exact) mass is 109 g/mol. The SMILES string of the molecule is CC1=NC(C)C[N+]#C1. The molecular formula is C6H9N2+. The molecule has 0 bridgehead atoms. The molecular weight excluding hydrogens is 100 g/mol. The average molecular weight is 109 g/mol. The normalized spacial score (nSPS) is 25.8. The van der Waals surface area contributed by atoms with Gasteiger partial charge in [0, 0.05) is 0 Å². The molecule has 1 rings (SSSR count). The first kappa shape index (κ1) is 5.30. The average Bonchev–Trinajstić information content (AvgIpc) is 1.64. The number of aliphatic imine (C=N–C) groups is 1. The van der Waals surface area contributed by atoms with Crippen LogP contribution < -0.4 is 0 Å². The Morgan fingerprint density at radius 1 is 1.88 bits per heavy atom. The second-order valence-electron chi connectivity index (χ2n) is 2.02. The molecule has 0 radical (unpaired) electrons. The standard InChI is InChI=1S/C6H9N2/c1-5-3-7-4-6(2)8-5/h5H,3H2,1-2H3/q+1. The van der Waals surface area contributed by atoms with Crippen LogP contribution >= 0.6 is 0 Å². The molecule has 2 nitrogen and oxygen atoms in total. The topological polar surface area (TPSA) is 16.7 Å². The first-order chi connectivity index (χ1) is 3.79. The summed E-state index contributed by atoms with van der Waals surface area (Å²) in [6.45, 7) is 4.77. The highest BCUT2D eigenvalue weighted by molar-refractivity contribution is 5.98. The van der Waals surface area contributed by atoms with Crippen molar-refractivity contribution in [3.05, 3.63) is 4.85 Å². The molecule has 1 unspecified atom stereocenters. The molecule has 42 valence electrons. The van der Waals surface area contributed by atoms with E-state index in [9.17, 15) is 0 Å². The Balaban J connectivity index is 2.71. The third-order valence-electron chi connectivity index (χ3n) is 1.01. The van der Waals surface area contributed by atoms with Crippen molar-refractivity contribution in [3.8, 4) is 6.07 Å². The van der Waals surface area contributed by atoms with Crippen LogP contribution in [0.2, 0.25) is 0 Å². The zero-order valence-corrected chi connectivity index (χ0v) is 5.18. The van der Waals surface area contributed by atoms with E-state index in [2.05, 4.69) is 15.9 Å². The Hall–Kier alpha value is -0.840. The van der Waals surface area contributed by atoms with Crippen molar-refractivity contribution in [1.82, 2.24) is 0 Å². The van der Waals surface area contributed by atoms with E-state index in [1.165, 1.54) is 0 Å². The summed E-state index contributed by atoms with van der Waals surface area (Å²) in [5.74, 6) is 0. The molecule has 1 aliphatic heterocycles. The Morgan fingerprint density at radius 3 is 3.00 bits per heavy atom. The molecule has 0 spiro atoms. The van der Waals surface area contributed by atoms with Crippen LogP contribution in [0.3, 0.4) is 0 Å². The summed E-state index contributed by atoms with van der Waals surface area (Å²) in [4.78, 5) is 8.15. The van der Waals surface area contributed by atoms with Gasteiger partial charge in [-0.05, 0) is 13.8 Å². The second kappa shape index (κ2) is 1.95. The van der Waals surface area contributed by atoms with Crippen molar-refractivity contribution in [3.63, 3.8) is 0 Å². The van der Waals surface area contributed by atoms with Gasteiger partial charge in [0.2, 0.25) is 0 Å². The van der Waals surface area contributed by atoms with Gasteiger partial charge in [-0.2, -0.15) is 0 Å². The molecule has 2 heteroatoms. The van der Waals surface area contributed by atoms with E-state index >= 15 is 0 Å². The highest BCUT2D eigenvalue weighted by atomic mass is 14.9. The van der Waals surface area contributed by atoms with Gasteiger partial charge >= 0.3 is 6.07 Å². The van der Waals surface area contributed by atoms with Gasteiger partial charge in [-0.1, -0.05) is 4.85 Å². The van der Waals surface area contributed by atoms with Crippen LogP contribution in [0.1, 0.15) is 13.8 Å². The molecule has 0 aromatic carbocycles. The van der Waals surface area contributed by atoms with Crippen LogP contribution in [0.15, 0.2) is 4.99 Å². The van der Waals surface area contributed by atoms with Gasteiger partial charge in [0.15, 0.2) is 5.71 Å². The van der Waals surface area contributed by atoms with Gasteiger partial charge in [-0.3, -0.25) is 4.99 Å². The summed E-state index contributed by atoms with van der Waals surface area (Å²) in [7, 11) is 0. The number of hydrogen-bond donors (Lipinski definition) is 0. The van der Waals surface area contributed by atoms with Crippen molar-refractivity contribution in [2.45, 2.75) is 19.9 Å². The fourth-order valence-electron chi connectivity index (χ4n) is 0.692. The molecule has 0 aliphatic carbocycles. The minimum Gasteiger partial charge on any atom is -0.264 e. The highest BCUT2D eigenvalue weighted by Gasteiger charge is 2.10. The summed E-state index contributed by atoms with van der Waals surface area (Å²) >= 11 is 0. The summed E-state index contributed by atoms with van der Waals surface area (Å²) in [5.41, 5.74) is 0.920. The van der Waals surface area contributed by atoms with Crippen molar-refractivity contribution in [2.24, 2.45) is 4.99 Å². The van der Waals surface area contributed by atoms with Gasteiger partial charge in [-0.15, -0.1) is 0 Å². The molecule has 0 amide bonds. The quantitative estimate of drug-likeness (QED) is 0.444. The van der Waals surface area contributed by atoms with E-state index in [0.717, 1.165) is 12.3 Å². The van der Waals surface area contributed by atoms with Crippen molar-refractivity contribution in [1.29, 1.82) is 0 Å². The fourth-order valence-corrected chi connectivity index (χ4v) is 0.692. The molecule has 1 atom stereocenters. The van der Waals surface area contributed by atoms with Crippen LogP contribution in [0.5, 0.6) is 0 Å². The molecule has 1 heterocycles. The lowest BCUT2D eigenvalue weighted by Crippen LogP contribution is -2.07. The van der Waals surface area contributed by atoms with Crippen molar-refractivity contribution < 1.29 is 0 Å². The number of nitrogens with zero attached hydrogens (tertiary/aromatic N) is 2. The fraction of sp³-hybridized carbons (Fsp3) is 0.667. The van der Waals surface area contributed by atoms with E-state index in [4.69, 9.17) is 0 Å². The Morgan fingerprint density at radius 2 is 2.62 bits per heavy atom. The van der Waals surface area contributed by atoms with Gasteiger partial charge in [-0.25, -0.2) is 0 Å². The Bertz CT molecular complexity index is 171. The molecule has 0 fully saturated rings. The van der Waals surface area contributed by atoms with Crippen LogP contribution in [0, 0.1) is 6.07 Å². The third kappa shape index (κ3) is 1.06. The lowest BCUT2D eigenvalue weighted by atomic mass is 10.3. The first-order valence-electron chi connectivity index (χ1n) is 2.76. The summed E-state index contributed by atoms with van der Waals surface area (Å²) in [6.07, 6.45) is 0. The highest BCUT2D eigenvalue weighted by Crippen LogP contribution is 1.95. The number of rotatable bonds is 0. The van der Waals surface area contributed by atoms with Gasteiger partial charge in [0.05, 0.1) is 0 Å². The predicted octanol–water partition coefficient (Wildman–Crippen LogP) is 1.18. The largest absolute Gasteiger partial charge is 0.326 e. The Labute approximate surface area is 49.1 Å². The predicted molar refractivity (Wildman–Crippen MR) is 34.7 cm³/mol. The smallest absolute Gasteiger partial charge is 0.264 e. The minimum absolute atomic E-state index is 0.372. The number of hydrogen-bond acceptors (Lipinski definition) is 1. The van der Waals surface area contributed by atoms with Gasteiger partial charge < -0.3 is 0 Å². The van der Waals surface area contributed by atoms with Crippen molar-refractivity contribution in [2.75, 3.05) is 6.54 Å². The summed E-state index contributed by atoms with van der Waals surface area (Å²) in [5, 5.41) is 0. The van der Waals surface area contributed by atoms with Gasteiger partial charge in [0.25, 0.3) is 6.54 Å². The van der Waals surface area contributed by atoms with Crippen LogP contribution in [0.4, 0.5) is 0 Å². The lowest BCUT2D eigenvalue weighted by molar-refractivity contribution is 0.803. The van der Waals surface area contributed by atoms with Crippen LogP contribution in [0.25, 0.3) is 4.85 Å². The molecule has 8 heavy (non-hydrogen) atoms. The van der Waals surface area contributed by atoms with E-state index in [-0.39, 0.29) is 0 Å². The van der Waals surface area contributed by atoms with Crippen LogP contribution in [-0.2, 0) is 0 Å².